The van der Waals surface area contributed by atoms with Gasteiger partial charge in [0.1, 0.15) is 5.92 Å². The van der Waals surface area contributed by atoms with Gasteiger partial charge in [0.25, 0.3) is 5.91 Å². The molecule has 1 saturated heterocycles. The number of carbonyl (C=O) groups is 4. The average molecular weight is 364 g/mol. The number of hydrogen-bond donors (Lipinski definition) is 0. The third kappa shape index (κ3) is 2.49. The van der Waals surface area contributed by atoms with Crippen molar-refractivity contribution in [2.45, 2.75) is 19.9 Å². The van der Waals surface area contributed by atoms with Gasteiger partial charge in [0.05, 0.1) is 12.8 Å². The van der Waals surface area contributed by atoms with E-state index in [0.29, 0.717) is 5.02 Å². The molecule has 0 saturated carbocycles. The lowest BCUT2D eigenvalue weighted by Crippen LogP contribution is -2.41. The number of rotatable bonds is 2. The molecule has 0 radical (unpaired) electrons. The first kappa shape index (κ1) is 17.1. The van der Waals surface area contributed by atoms with E-state index in [-0.39, 0.29) is 11.4 Å². The van der Waals surface area contributed by atoms with E-state index in [1.54, 1.807) is 19.1 Å². The molecule has 3 rings (SSSR count). The summed E-state index contributed by atoms with van der Waals surface area (Å²) in [5.41, 5.74) is 0.793. The van der Waals surface area contributed by atoms with E-state index in [1.165, 1.54) is 13.0 Å². The summed E-state index contributed by atoms with van der Waals surface area (Å²) >= 11 is 6.08. The second-order valence-electron chi connectivity index (χ2n) is 5.71. The first-order chi connectivity index (χ1) is 11.8. The van der Waals surface area contributed by atoms with Crippen molar-refractivity contribution in [3.05, 3.63) is 28.8 Å². The first-order valence-corrected chi connectivity index (χ1v) is 7.76. The molecular formula is C16H14ClN3O5. The van der Waals surface area contributed by atoms with Crippen molar-refractivity contribution in [2.24, 2.45) is 11.0 Å². The second-order valence-corrected chi connectivity index (χ2v) is 6.12. The number of carbonyl (C=O) groups excluding carboxylic acids is 4. The number of aryl methyl sites for hydroxylation is 1. The number of methoxy groups -OCH3 is 1. The summed E-state index contributed by atoms with van der Waals surface area (Å²) in [6.45, 7) is 2.98. The molecule has 2 aliphatic rings. The number of amides is 3. The van der Waals surface area contributed by atoms with E-state index in [9.17, 15) is 19.2 Å². The van der Waals surface area contributed by atoms with Gasteiger partial charge in [-0.15, -0.1) is 0 Å². The van der Waals surface area contributed by atoms with Gasteiger partial charge in [-0.3, -0.25) is 14.4 Å². The SMILES string of the molecule is COC(=O)C1=NN(C(C)=O)[C@@H]2C(=O)N(c3ccc(C)c(Cl)c3)C(=O)[C@H]12. The number of ether oxygens (including phenoxy) is 1. The van der Waals surface area contributed by atoms with Crippen LogP contribution in [0.2, 0.25) is 5.02 Å². The molecule has 2 atom stereocenters. The summed E-state index contributed by atoms with van der Waals surface area (Å²) < 4.78 is 4.62. The van der Waals surface area contributed by atoms with Gasteiger partial charge in [0.2, 0.25) is 11.8 Å². The Balaban J connectivity index is 2.07. The molecule has 130 valence electrons. The van der Waals surface area contributed by atoms with Gasteiger partial charge in [-0.1, -0.05) is 17.7 Å². The van der Waals surface area contributed by atoms with Crippen LogP contribution in [0.5, 0.6) is 0 Å². The van der Waals surface area contributed by atoms with E-state index in [1.807, 2.05) is 0 Å². The minimum atomic E-state index is -1.20. The van der Waals surface area contributed by atoms with Crippen LogP contribution in [-0.4, -0.2) is 47.6 Å². The quantitative estimate of drug-likeness (QED) is 0.574. The molecule has 1 aromatic carbocycles. The Morgan fingerprint density at radius 3 is 2.48 bits per heavy atom. The summed E-state index contributed by atoms with van der Waals surface area (Å²) in [5.74, 6) is -3.90. The van der Waals surface area contributed by atoms with Crippen LogP contribution in [0.3, 0.4) is 0 Å². The highest BCUT2D eigenvalue weighted by Crippen LogP contribution is 2.36. The third-order valence-corrected chi connectivity index (χ3v) is 4.59. The zero-order valence-electron chi connectivity index (χ0n) is 13.6. The highest BCUT2D eigenvalue weighted by atomic mass is 35.5. The number of imide groups is 1. The van der Waals surface area contributed by atoms with Crippen molar-refractivity contribution in [1.29, 1.82) is 0 Å². The Kier molecular flexibility index (Phi) is 4.08. The van der Waals surface area contributed by atoms with Crippen molar-refractivity contribution in [1.82, 2.24) is 5.01 Å². The molecule has 0 N–H and O–H groups in total. The van der Waals surface area contributed by atoms with Gasteiger partial charge in [-0.2, -0.15) is 5.10 Å². The number of hydrogen-bond acceptors (Lipinski definition) is 6. The van der Waals surface area contributed by atoms with Crippen LogP contribution in [0, 0.1) is 12.8 Å². The van der Waals surface area contributed by atoms with Crippen molar-refractivity contribution in [3.63, 3.8) is 0 Å². The number of halogens is 1. The summed E-state index contributed by atoms with van der Waals surface area (Å²) in [6, 6.07) is 3.54. The van der Waals surface area contributed by atoms with Gasteiger partial charge in [0, 0.05) is 11.9 Å². The largest absolute Gasteiger partial charge is 0.464 e. The smallest absolute Gasteiger partial charge is 0.355 e. The molecule has 2 heterocycles. The summed E-state index contributed by atoms with van der Waals surface area (Å²) in [6.07, 6.45) is 0. The number of fused-ring (bicyclic) bond motifs is 1. The zero-order chi connectivity index (χ0) is 18.5. The highest BCUT2D eigenvalue weighted by Gasteiger charge is 2.59. The first-order valence-electron chi connectivity index (χ1n) is 7.38. The number of hydrazone groups is 1. The van der Waals surface area contributed by atoms with Crippen LogP contribution in [-0.2, 0) is 23.9 Å². The normalized spacial score (nSPS) is 22.2. The summed E-state index contributed by atoms with van der Waals surface area (Å²) in [7, 11) is 1.13. The molecule has 0 aromatic heterocycles. The van der Waals surface area contributed by atoms with Crippen LogP contribution in [0.4, 0.5) is 5.69 Å². The van der Waals surface area contributed by atoms with E-state index in [0.717, 1.165) is 22.6 Å². The number of esters is 1. The molecule has 0 spiro atoms. The zero-order valence-corrected chi connectivity index (χ0v) is 14.4. The maximum Gasteiger partial charge on any atom is 0.355 e. The van der Waals surface area contributed by atoms with Gasteiger partial charge in [0.15, 0.2) is 11.8 Å². The molecule has 0 aliphatic carbocycles. The van der Waals surface area contributed by atoms with Gasteiger partial charge < -0.3 is 4.74 Å². The summed E-state index contributed by atoms with van der Waals surface area (Å²) in [5, 5.41) is 5.08. The number of nitrogens with zero attached hydrogens (tertiary/aromatic N) is 3. The Bertz CT molecular complexity index is 850. The second kappa shape index (κ2) is 5.96. The molecule has 8 nitrogen and oxygen atoms in total. The molecule has 1 aromatic rings. The molecular weight excluding hydrogens is 350 g/mol. The third-order valence-electron chi connectivity index (χ3n) is 4.18. The number of benzene rings is 1. The Labute approximate surface area is 148 Å². The van der Waals surface area contributed by atoms with Crippen LogP contribution < -0.4 is 4.90 Å². The van der Waals surface area contributed by atoms with Crippen LogP contribution in [0.15, 0.2) is 23.3 Å². The lowest BCUT2D eigenvalue weighted by molar-refractivity contribution is -0.136. The molecule has 9 heteroatoms. The van der Waals surface area contributed by atoms with Crippen LogP contribution in [0.1, 0.15) is 12.5 Å². The van der Waals surface area contributed by atoms with Crippen LogP contribution in [0.25, 0.3) is 0 Å². The Morgan fingerprint density at radius 2 is 1.92 bits per heavy atom. The molecule has 2 aliphatic heterocycles. The lowest BCUT2D eigenvalue weighted by atomic mass is 9.98. The van der Waals surface area contributed by atoms with Crippen molar-refractivity contribution >= 4 is 46.7 Å². The van der Waals surface area contributed by atoms with Crippen molar-refractivity contribution in [3.8, 4) is 0 Å². The Hall–Kier alpha value is -2.74. The predicted molar refractivity (Wildman–Crippen MR) is 87.9 cm³/mol. The highest BCUT2D eigenvalue weighted by molar-refractivity contribution is 6.47. The van der Waals surface area contributed by atoms with E-state index >= 15 is 0 Å². The number of anilines is 1. The van der Waals surface area contributed by atoms with Gasteiger partial charge in [-0.25, -0.2) is 14.7 Å². The van der Waals surface area contributed by atoms with Crippen molar-refractivity contribution in [2.75, 3.05) is 12.0 Å². The van der Waals surface area contributed by atoms with E-state index in [2.05, 4.69) is 9.84 Å². The molecule has 0 unspecified atom stereocenters. The summed E-state index contributed by atoms with van der Waals surface area (Å²) in [4.78, 5) is 50.3. The minimum Gasteiger partial charge on any atom is -0.464 e. The predicted octanol–water partition coefficient (Wildman–Crippen LogP) is 0.898. The minimum absolute atomic E-state index is 0.262. The topological polar surface area (TPSA) is 96.3 Å². The maximum atomic E-state index is 12.8. The van der Waals surface area contributed by atoms with Crippen molar-refractivity contribution < 1.29 is 23.9 Å². The molecule has 3 amide bonds. The fraction of sp³-hybridized carbons (Fsp3) is 0.312. The van der Waals surface area contributed by atoms with Gasteiger partial charge in [-0.05, 0) is 24.6 Å². The van der Waals surface area contributed by atoms with E-state index < -0.39 is 35.7 Å². The molecule has 1 fully saturated rings. The lowest BCUT2D eigenvalue weighted by Gasteiger charge is -2.19. The Morgan fingerprint density at radius 1 is 1.24 bits per heavy atom. The fourth-order valence-electron chi connectivity index (χ4n) is 2.92. The van der Waals surface area contributed by atoms with Crippen LogP contribution >= 0.6 is 11.6 Å². The maximum absolute atomic E-state index is 12.8. The monoisotopic (exact) mass is 363 g/mol. The van der Waals surface area contributed by atoms with Gasteiger partial charge >= 0.3 is 5.97 Å². The van der Waals surface area contributed by atoms with E-state index in [4.69, 9.17) is 11.6 Å². The molecule has 25 heavy (non-hydrogen) atoms. The average Bonchev–Trinajstić information content (AvgIpc) is 3.08. The standard InChI is InChI=1S/C16H14ClN3O5/c1-7-4-5-9(6-10(7)17)19-14(22)11-12(16(24)25-3)18-20(8(2)21)13(11)15(19)23/h4-6,11,13H,1-3H3/t11-,13+/m1/s1. The molecule has 0 bridgehead atoms. The fourth-order valence-corrected chi connectivity index (χ4v) is 3.10.